The monoisotopic (exact) mass is 434 g/mol. The van der Waals surface area contributed by atoms with E-state index >= 15 is 0 Å². The van der Waals surface area contributed by atoms with E-state index in [1.807, 2.05) is 0 Å². The third kappa shape index (κ3) is 3.93. The predicted molar refractivity (Wildman–Crippen MR) is 125 cm³/mol. The van der Waals surface area contributed by atoms with Crippen LogP contribution in [0.2, 0.25) is 0 Å². The second kappa shape index (κ2) is 8.68. The van der Waals surface area contributed by atoms with Crippen LogP contribution in [0.15, 0.2) is 36.9 Å². The molecular weight excluding hydrogens is 400 g/mol. The number of fused-ring (bicyclic) bond motifs is 10. The van der Waals surface area contributed by atoms with Crippen LogP contribution < -0.4 is 9.13 Å². The molecule has 0 spiro atoms. The first-order valence-corrected chi connectivity index (χ1v) is 11.7. The summed E-state index contributed by atoms with van der Waals surface area (Å²) in [6.07, 6.45) is 4.43. The Labute approximate surface area is 189 Å². The van der Waals surface area contributed by atoms with Gasteiger partial charge in [0.25, 0.3) is 0 Å². The van der Waals surface area contributed by atoms with Crippen molar-refractivity contribution in [3.63, 3.8) is 0 Å². The van der Waals surface area contributed by atoms with Crippen molar-refractivity contribution >= 4 is 22.1 Å². The molecule has 0 amide bonds. The molecule has 168 valence electrons. The molecule has 1 aliphatic rings. The fourth-order valence-corrected chi connectivity index (χ4v) is 4.65. The molecule has 0 saturated carbocycles. The lowest BCUT2D eigenvalue weighted by molar-refractivity contribution is -0.681. The Morgan fingerprint density at radius 2 is 1.00 bits per heavy atom. The number of rotatable bonds is 0. The Morgan fingerprint density at radius 3 is 1.47 bits per heavy atom. The number of hydrogen-bond acceptors (Lipinski definition) is 2. The van der Waals surface area contributed by atoms with Crippen LogP contribution in [0.5, 0.6) is 0 Å². The van der Waals surface area contributed by atoms with Gasteiger partial charge in [0.1, 0.15) is 26.2 Å². The number of benzene rings is 2. The lowest BCUT2D eigenvalue weighted by Gasteiger charge is -2.04. The zero-order valence-electron chi connectivity index (χ0n) is 19.7. The standard InChI is InChI=1S/C26H34N4O2/c1-19-13-23-24(14-20(19)2)28-6-10-32-12-8-30-18-29(7-11-31-9-5-27(23)17-28)25-15-21(3)22(4)16-26(25)30/h13-18H,5-12H2,1-4H3/q+2. The average molecular weight is 435 g/mol. The number of ether oxygens (including phenoxy) is 2. The summed E-state index contributed by atoms with van der Waals surface area (Å²) >= 11 is 0. The highest BCUT2D eigenvalue weighted by Gasteiger charge is 2.19. The van der Waals surface area contributed by atoms with E-state index in [0.717, 1.165) is 26.2 Å². The van der Waals surface area contributed by atoms with Gasteiger partial charge < -0.3 is 9.47 Å². The molecule has 2 aromatic carbocycles. The van der Waals surface area contributed by atoms with Gasteiger partial charge in [0.15, 0.2) is 22.1 Å². The van der Waals surface area contributed by atoms with E-state index in [-0.39, 0.29) is 0 Å². The van der Waals surface area contributed by atoms with Crippen LogP contribution in [0.3, 0.4) is 0 Å². The van der Waals surface area contributed by atoms with E-state index in [2.05, 4.69) is 82.9 Å². The van der Waals surface area contributed by atoms with Crippen LogP contribution in [0, 0.1) is 27.7 Å². The maximum absolute atomic E-state index is 6.09. The molecule has 0 radical (unpaired) electrons. The zero-order valence-corrected chi connectivity index (χ0v) is 19.7. The molecule has 32 heavy (non-hydrogen) atoms. The van der Waals surface area contributed by atoms with Crippen molar-refractivity contribution in [3.05, 3.63) is 59.2 Å². The van der Waals surface area contributed by atoms with Gasteiger partial charge in [-0.15, -0.1) is 0 Å². The van der Waals surface area contributed by atoms with Crippen molar-refractivity contribution in [1.29, 1.82) is 0 Å². The maximum Gasteiger partial charge on any atom is 0.244 e. The van der Waals surface area contributed by atoms with E-state index in [0.29, 0.717) is 26.4 Å². The van der Waals surface area contributed by atoms with Crippen LogP contribution in [0.25, 0.3) is 22.1 Å². The van der Waals surface area contributed by atoms with E-state index in [1.54, 1.807) is 0 Å². The van der Waals surface area contributed by atoms with Crippen LogP contribution in [0.4, 0.5) is 0 Å². The molecule has 3 heterocycles. The Bertz CT molecular complexity index is 1090. The summed E-state index contributed by atoms with van der Waals surface area (Å²) < 4.78 is 21.5. The summed E-state index contributed by atoms with van der Waals surface area (Å²) in [5.41, 5.74) is 10.4. The quantitative estimate of drug-likeness (QED) is 0.399. The second-order valence-corrected chi connectivity index (χ2v) is 9.08. The Hall–Kier alpha value is -2.70. The maximum atomic E-state index is 6.09. The first kappa shape index (κ1) is 21.2. The highest BCUT2D eigenvalue weighted by atomic mass is 16.5. The molecular formula is C26H34N4O2+2. The highest BCUT2D eigenvalue weighted by Crippen LogP contribution is 2.19. The van der Waals surface area contributed by atoms with E-state index in [4.69, 9.17) is 9.47 Å². The fourth-order valence-electron chi connectivity index (χ4n) is 4.65. The molecule has 1 aliphatic heterocycles. The van der Waals surface area contributed by atoms with E-state index in [9.17, 15) is 0 Å². The van der Waals surface area contributed by atoms with Crippen molar-refractivity contribution < 1.29 is 18.6 Å². The number of imidazole rings is 2. The van der Waals surface area contributed by atoms with Gasteiger partial charge in [-0.3, -0.25) is 0 Å². The van der Waals surface area contributed by atoms with Gasteiger partial charge in [0.05, 0.1) is 26.4 Å². The summed E-state index contributed by atoms with van der Waals surface area (Å²) in [6, 6.07) is 9.18. The Morgan fingerprint density at radius 1 is 0.594 bits per heavy atom. The van der Waals surface area contributed by atoms with Crippen LogP contribution in [-0.2, 0) is 35.7 Å². The van der Waals surface area contributed by atoms with Crippen molar-refractivity contribution in [2.75, 3.05) is 26.4 Å². The number of hydrogen-bond donors (Lipinski definition) is 0. The first-order chi connectivity index (χ1) is 15.5. The largest absolute Gasteiger partial charge is 0.373 e. The van der Waals surface area contributed by atoms with Gasteiger partial charge in [0, 0.05) is 0 Å². The van der Waals surface area contributed by atoms with Crippen molar-refractivity contribution in [3.8, 4) is 0 Å². The van der Waals surface area contributed by atoms with Crippen molar-refractivity contribution in [2.45, 2.75) is 53.9 Å². The molecule has 2 aromatic heterocycles. The molecule has 6 nitrogen and oxygen atoms in total. The number of aromatic nitrogens is 4. The van der Waals surface area contributed by atoms with E-state index in [1.165, 1.54) is 44.3 Å². The smallest absolute Gasteiger partial charge is 0.244 e. The fraction of sp³-hybridized carbons (Fsp3) is 0.462. The van der Waals surface area contributed by atoms with Gasteiger partial charge in [-0.05, 0) is 74.2 Å². The molecule has 5 rings (SSSR count). The van der Waals surface area contributed by atoms with Gasteiger partial charge in [-0.2, -0.15) is 0 Å². The molecule has 0 unspecified atom stereocenters. The molecule has 0 saturated heterocycles. The van der Waals surface area contributed by atoms with Gasteiger partial charge >= 0.3 is 0 Å². The summed E-state index contributed by atoms with van der Waals surface area (Å²) in [7, 11) is 0. The molecule has 0 fully saturated rings. The van der Waals surface area contributed by atoms with Crippen molar-refractivity contribution in [2.24, 2.45) is 0 Å². The minimum Gasteiger partial charge on any atom is -0.373 e. The van der Waals surface area contributed by atoms with E-state index < -0.39 is 0 Å². The molecule has 0 atom stereocenters. The van der Waals surface area contributed by atoms with Crippen LogP contribution >= 0.6 is 0 Å². The zero-order chi connectivity index (χ0) is 22.2. The molecule has 4 aromatic rings. The highest BCUT2D eigenvalue weighted by molar-refractivity contribution is 5.75. The third-order valence-electron chi connectivity index (χ3n) is 6.88. The molecule has 4 bridgehead atoms. The molecule has 0 aliphatic carbocycles. The lowest BCUT2D eigenvalue weighted by atomic mass is 10.1. The Kier molecular flexibility index (Phi) is 5.74. The second-order valence-electron chi connectivity index (χ2n) is 9.08. The SMILES string of the molecule is Cc1cc2c(cc1C)[n+]1cn2CCOCCn2c[n+](c3cc(C)c(C)cc32)CCOCC1. The predicted octanol–water partition coefficient (Wildman–Crippen LogP) is 3.15. The van der Waals surface area contributed by atoms with Crippen LogP contribution in [0.1, 0.15) is 22.3 Å². The van der Waals surface area contributed by atoms with Gasteiger partial charge in [-0.25, -0.2) is 18.3 Å². The summed E-state index contributed by atoms with van der Waals surface area (Å²) in [5.74, 6) is 0. The molecule has 6 heteroatoms. The van der Waals surface area contributed by atoms with Gasteiger partial charge in [-0.1, -0.05) is 0 Å². The lowest BCUT2D eigenvalue weighted by Crippen LogP contribution is -2.37. The summed E-state index contributed by atoms with van der Waals surface area (Å²) in [5, 5.41) is 0. The van der Waals surface area contributed by atoms with Gasteiger partial charge in [0.2, 0.25) is 12.7 Å². The summed E-state index contributed by atoms with van der Waals surface area (Å²) in [4.78, 5) is 0. The minimum absolute atomic E-state index is 0.699. The first-order valence-electron chi connectivity index (χ1n) is 11.7. The van der Waals surface area contributed by atoms with Crippen molar-refractivity contribution in [1.82, 2.24) is 9.13 Å². The topological polar surface area (TPSA) is 36.1 Å². The Balaban J connectivity index is 1.43. The number of aryl methyl sites for hydroxylation is 4. The van der Waals surface area contributed by atoms with Crippen LogP contribution in [-0.4, -0.2) is 35.6 Å². The number of nitrogens with zero attached hydrogens (tertiary/aromatic N) is 4. The third-order valence-corrected chi connectivity index (χ3v) is 6.88. The average Bonchev–Trinajstić information content (AvgIpc) is 3.26. The minimum atomic E-state index is 0.699. The molecule has 0 N–H and O–H groups in total. The normalized spacial score (nSPS) is 16.1. The summed E-state index contributed by atoms with van der Waals surface area (Å²) in [6.45, 7) is 14.9.